The maximum absolute atomic E-state index is 11.2. The van der Waals surface area contributed by atoms with Crippen LogP contribution in [0.25, 0.3) is 0 Å². The second kappa shape index (κ2) is 7.81. The summed E-state index contributed by atoms with van der Waals surface area (Å²) in [6.45, 7) is 1.61. The molecule has 0 atom stereocenters. The summed E-state index contributed by atoms with van der Waals surface area (Å²) in [7, 11) is 2.46. The molecule has 0 heterocycles. The number of phenols is 1. The lowest BCUT2D eigenvalue weighted by atomic mass is 10.1. The van der Waals surface area contributed by atoms with Crippen molar-refractivity contribution in [1.29, 1.82) is 0 Å². The van der Waals surface area contributed by atoms with E-state index in [9.17, 15) is 20.0 Å². The molecule has 1 aromatic rings. The summed E-state index contributed by atoms with van der Waals surface area (Å²) in [5, 5.41) is 21.1. The Morgan fingerprint density at radius 2 is 2.05 bits per heavy atom. The Labute approximate surface area is 126 Å². The number of phenolic OH excluding ortho intramolecular Hbond substituents is 1. The van der Waals surface area contributed by atoms with Crippen LogP contribution in [-0.4, -0.2) is 49.6 Å². The predicted molar refractivity (Wildman–Crippen MR) is 77.0 cm³/mol. The molecule has 0 aliphatic carbocycles. The van der Waals surface area contributed by atoms with E-state index < -0.39 is 16.6 Å². The molecule has 0 bridgehead atoms. The molecule has 0 fully saturated rings. The van der Waals surface area contributed by atoms with E-state index in [4.69, 9.17) is 9.47 Å². The largest absolute Gasteiger partial charge is 0.504 e. The Morgan fingerprint density at radius 1 is 1.41 bits per heavy atom. The van der Waals surface area contributed by atoms with Crippen molar-refractivity contribution in [2.75, 3.05) is 27.4 Å². The normalized spacial score (nSPS) is 10.5. The number of hydrogen-bond acceptors (Lipinski definition) is 8. The SMILES string of the molecule is CCOC(=O)CN=Cc1cc([N+](=O)[O-])c(OC)c(OC)c1O. The lowest BCUT2D eigenvalue weighted by Gasteiger charge is -2.11. The molecule has 0 saturated heterocycles. The standard InChI is InChI=1S/C13H16N2O7/c1-4-22-10(16)7-14-6-8-5-9(15(18)19)12(20-2)13(21-3)11(8)17/h5-6,17H,4,7H2,1-3H3. The van der Waals surface area contributed by atoms with Gasteiger partial charge in [-0.3, -0.25) is 19.9 Å². The van der Waals surface area contributed by atoms with E-state index in [1.807, 2.05) is 0 Å². The van der Waals surface area contributed by atoms with Crippen LogP contribution >= 0.6 is 0 Å². The molecule has 1 aromatic carbocycles. The van der Waals surface area contributed by atoms with E-state index in [0.717, 1.165) is 12.3 Å². The van der Waals surface area contributed by atoms with Crippen LogP contribution in [0.2, 0.25) is 0 Å². The summed E-state index contributed by atoms with van der Waals surface area (Å²) in [6, 6.07) is 1.07. The fourth-order valence-electron chi connectivity index (χ4n) is 1.68. The van der Waals surface area contributed by atoms with E-state index in [2.05, 4.69) is 9.73 Å². The molecular formula is C13H16N2O7. The van der Waals surface area contributed by atoms with E-state index in [0.29, 0.717) is 0 Å². The molecule has 9 nitrogen and oxygen atoms in total. The lowest BCUT2D eigenvalue weighted by Crippen LogP contribution is -2.07. The topological polar surface area (TPSA) is 120 Å². The molecule has 0 amide bonds. The zero-order valence-corrected chi connectivity index (χ0v) is 12.4. The number of aromatic hydroxyl groups is 1. The number of benzene rings is 1. The Hall–Kier alpha value is -2.84. The molecule has 0 aromatic heterocycles. The third-order valence-electron chi connectivity index (χ3n) is 2.58. The minimum absolute atomic E-state index is 0.0219. The van der Waals surface area contributed by atoms with Crippen molar-refractivity contribution in [3.8, 4) is 17.2 Å². The highest BCUT2D eigenvalue weighted by molar-refractivity contribution is 5.89. The van der Waals surface area contributed by atoms with Gasteiger partial charge in [0.25, 0.3) is 0 Å². The van der Waals surface area contributed by atoms with Gasteiger partial charge in [-0.1, -0.05) is 0 Å². The highest BCUT2D eigenvalue weighted by Gasteiger charge is 2.25. The first-order valence-electron chi connectivity index (χ1n) is 6.24. The van der Waals surface area contributed by atoms with Crippen molar-refractivity contribution in [2.24, 2.45) is 4.99 Å². The molecule has 0 radical (unpaired) electrons. The highest BCUT2D eigenvalue weighted by atomic mass is 16.6. The molecule has 1 rings (SSSR count). The zero-order valence-electron chi connectivity index (χ0n) is 12.4. The van der Waals surface area contributed by atoms with Gasteiger partial charge in [0.2, 0.25) is 11.5 Å². The van der Waals surface area contributed by atoms with Crippen molar-refractivity contribution in [3.05, 3.63) is 21.7 Å². The van der Waals surface area contributed by atoms with Crippen LogP contribution < -0.4 is 9.47 Å². The fourth-order valence-corrected chi connectivity index (χ4v) is 1.68. The van der Waals surface area contributed by atoms with Crippen LogP contribution in [0.1, 0.15) is 12.5 Å². The van der Waals surface area contributed by atoms with Crippen molar-refractivity contribution < 1.29 is 29.0 Å². The van der Waals surface area contributed by atoms with Crippen molar-refractivity contribution in [2.45, 2.75) is 6.92 Å². The molecule has 0 unspecified atom stereocenters. The number of ether oxygens (including phenoxy) is 3. The minimum atomic E-state index is -0.677. The maximum Gasteiger partial charge on any atom is 0.327 e. The Balaban J connectivity index is 3.20. The van der Waals surface area contributed by atoms with Gasteiger partial charge >= 0.3 is 11.7 Å². The molecule has 1 N–H and O–H groups in total. The minimum Gasteiger partial charge on any atom is -0.504 e. The van der Waals surface area contributed by atoms with Crippen LogP contribution in [0.5, 0.6) is 17.2 Å². The smallest absolute Gasteiger partial charge is 0.327 e. The van der Waals surface area contributed by atoms with E-state index >= 15 is 0 Å². The summed E-state index contributed by atoms with van der Waals surface area (Å²) in [6.07, 6.45) is 1.13. The molecule has 0 aliphatic rings. The Kier molecular flexibility index (Phi) is 6.11. The summed E-state index contributed by atoms with van der Waals surface area (Å²) in [5.74, 6) is -1.31. The fraction of sp³-hybridized carbons (Fsp3) is 0.385. The first kappa shape index (κ1) is 17.2. The van der Waals surface area contributed by atoms with Crippen LogP contribution in [0.4, 0.5) is 5.69 Å². The summed E-state index contributed by atoms with van der Waals surface area (Å²) < 4.78 is 14.5. The lowest BCUT2D eigenvalue weighted by molar-refractivity contribution is -0.385. The van der Waals surface area contributed by atoms with E-state index in [-0.39, 0.29) is 36.0 Å². The molecule has 9 heteroatoms. The Morgan fingerprint density at radius 3 is 2.55 bits per heavy atom. The average Bonchev–Trinajstić information content (AvgIpc) is 2.48. The predicted octanol–water partition coefficient (Wildman–Crippen LogP) is 1.30. The number of rotatable bonds is 7. The summed E-state index contributed by atoms with van der Waals surface area (Å²) in [5.41, 5.74) is -0.372. The highest BCUT2D eigenvalue weighted by Crippen LogP contribution is 2.45. The van der Waals surface area contributed by atoms with Gasteiger partial charge in [-0.25, -0.2) is 0 Å². The monoisotopic (exact) mass is 312 g/mol. The molecule has 120 valence electrons. The van der Waals surface area contributed by atoms with Gasteiger partial charge in [0, 0.05) is 17.8 Å². The van der Waals surface area contributed by atoms with Crippen LogP contribution in [0, 0.1) is 10.1 Å². The number of hydrogen-bond donors (Lipinski definition) is 1. The summed E-state index contributed by atoms with van der Waals surface area (Å²) >= 11 is 0. The number of carbonyl (C=O) groups excluding carboxylic acids is 1. The number of esters is 1. The average molecular weight is 312 g/mol. The van der Waals surface area contributed by atoms with Crippen LogP contribution in [-0.2, 0) is 9.53 Å². The third-order valence-corrected chi connectivity index (χ3v) is 2.58. The molecule has 0 spiro atoms. The number of aliphatic imine (C=N–C) groups is 1. The second-order valence-corrected chi connectivity index (χ2v) is 3.93. The third kappa shape index (κ3) is 3.84. The first-order chi connectivity index (χ1) is 10.5. The maximum atomic E-state index is 11.2. The molecule has 0 aliphatic heterocycles. The quantitative estimate of drug-likeness (QED) is 0.348. The number of nitrogens with zero attached hydrogens (tertiary/aromatic N) is 2. The van der Waals surface area contributed by atoms with Gasteiger partial charge in [-0.2, -0.15) is 0 Å². The summed E-state index contributed by atoms with van der Waals surface area (Å²) in [4.78, 5) is 25.3. The first-order valence-corrected chi connectivity index (χ1v) is 6.24. The van der Waals surface area contributed by atoms with Gasteiger partial charge in [0.05, 0.1) is 25.7 Å². The van der Waals surface area contributed by atoms with Crippen LogP contribution in [0.3, 0.4) is 0 Å². The van der Waals surface area contributed by atoms with Gasteiger partial charge < -0.3 is 19.3 Å². The van der Waals surface area contributed by atoms with Crippen LogP contribution in [0.15, 0.2) is 11.1 Å². The van der Waals surface area contributed by atoms with Gasteiger partial charge in [-0.15, -0.1) is 0 Å². The molecular weight excluding hydrogens is 296 g/mol. The van der Waals surface area contributed by atoms with Crippen molar-refractivity contribution in [1.82, 2.24) is 0 Å². The Bertz CT molecular complexity index is 599. The molecule has 22 heavy (non-hydrogen) atoms. The van der Waals surface area contributed by atoms with Gasteiger partial charge in [0.1, 0.15) is 6.54 Å². The van der Waals surface area contributed by atoms with Gasteiger partial charge in [0.15, 0.2) is 5.75 Å². The number of methoxy groups -OCH3 is 2. The van der Waals surface area contributed by atoms with Crippen molar-refractivity contribution in [3.63, 3.8) is 0 Å². The zero-order chi connectivity index (χ0) is 16.7. The van der Waals surface area contributed by atoms with Crippen molar-refractivity contribution >= 4 is 17.9 Å². The number of nitro groups is 1. The molecule has 0 saturated carbocycles. The van der Waals surface area contributed by atoms with Gasteiger partial charge in [-0.05, 0) is 6.92 Å². The van der Waals surface area contributed by atoms with E-state index in [1.54, 1.807) is 6.92 Å². The van der Waals surface area contributed by atoms with E-state index in [1.165, 1.54) is 14.2 Å². The number of carbonyl (C=O) groups is 1. The second-order valence-electron chi connectivity index (χ2n) is 3.93. The number of nitro benzene ring substituents is 1.